The molecule has 1 aromatic carbocycles. The Labute approximate surface area is 91.8 Å². The fourth-order valence-electron chi connectivity index (χ4n) is 1.53. The molecular weight excluding hydrogens is 208 g/mol. The highest BCUT2D eigenvalue weighted by atomic mass is 16.4. The van der Waals surface area contributed by atoms with E-state index in [2.05, 4.69) is 0 Å². The van der Waals surface area contributed by atoms with Gasteiger partial charge in [-0.05, 0) is 12.1 Å². The fourth-order valence-corrected chi connectivity index (χ4v) is 1.53. The van der Waals surface area contributed by atoms with Crippen LogP contribution in [0, 0.1) is 0 Å². The summed E-state index contributed by atoms with van der Waals surface area (Å²) >= 11 is 0. The molecule has 0 aliphatic rings. The maximum Gasteiger partial charge on any atom is 0.348 e. The van der Waals surface area contributed by atoms with Crippen LogP contribution in [0.4, 0.5) is 0 Å². The van der Waals surface area contributed by atoms with E-state index in [1.165, 1.54) is 30.5 Å². The molecule has 0 radical (unpaired) electrons. The average Bonchev–Trinajstić information content (AvgIpc) is 2.82. The number of hydrogen-bond acceptors (Lipinski definition) is 3. The molecule has 0 saturated carbocycles. The lowest BCUT2D eigenvalue weighted by atomic mass is 9.91. The average molecular weight is 218 g/mol. The highest BCUT2D eigenvalue weighted by Crippen LogP contribution is 2.29. The zero-order valence-electron chi connectivity index (χ0n) is 8.33. The molecule has 1 atom stereocenters. The van der Waals surface area contributed by atoms with Gasteiger partial charge in [-0.15, -0.1) is 0 Å². The van der Waals surface area contributed by atoms with Gasteiger partial charge in [0.15, 0.2) is 5.76 Å². The first kappa shape index (κ1) is 10.4. The van der Waals surface area contributed by atoms with Crippen LogP contribution in [0.5, 0.6) is 0 Å². The minimum atomic E-state index is -2.13. The summed E-state index contributed by atoms with van der Waals surface area (Å²) in [5, 5.41) is 19.4. The number of rotatable bonds is 3. The van der Waals surface area contributed by atoms with E-state index in [-0.39, 0.29) is 11.3 Å². The molecule has 2 aromatic rings. The van der Waals surface area contributed by atoms with E-state index < -0.39 is 11.6 Å². The van der Waals surface area contributed by atoms with Crippen LogP contribution in [-0.2, 0) is 10.4 Å². The molecule has 4 nitrogen and oxygen atoms in total. The lowest BCUT2D eigenvalue weighted by molar-refractivity contribution is -0.156. The van der Waals surface area contributed by atoms with Crippen molar-refractivity contribution in [2.45, 2.75) is 5.60 Å². The molecule has 16 heavy (non-hydrogen) atoms. The summed E-state index contributed by atoms with van der Waals surface area (Å²) in [7, 11) is 0. The van der Waals surface area contributed by atoms with Gasteiger partial charge in [0.25, 0.3) is 0 Å². The molecule has 0 fully saturated rings. The van der Waals surface area contributed by atoms with Crippen LogP contribution < -0.4 is 0 Å². The van der Waals surface area contributed by atoms with Crippen molar-refractivity contribution in [1.82, 2.24) is 0 Å². The van der Waals surface area contributed by atoms with Crippen molar-refractivity contribution in [3.63, 3.8) is 0 Å². The first-order valence-corrected chi connectivity index (χ1v) is 4.71. The predicted octanol–water partition coefficient (Wildman–Crippen LogP) is 1.60. The van der Waals surface area contributed by atoms with Gasteiger partial charge in [-0.1, -0.05) is 30.3 Å². The Hall–Kier alpha value is -2.07. The lowest BCUT2D eigenvalue weighted by Gasteiger charge is -2.21. The Morgan fingerprint density at radius 2 is 1.81 bits per heavy atom. The van der Waals surface area contributed by atoms with Crippen molar-refractivity contribution in [3.05, 3.63) is 60.1 Å². The highest BCUT2D eigenvalue weighted by molar-refractivity contribution is 5.82. The second-order valence-corrected chi connectivity index (χ2v) is 3.36. The quantitative estimate of drug-likeness (QED) is 0.820. The van der Waals surface area contributed by atoms with E-state index in [1.807, 2.05) is 0 Å². The van der Waals surface area contributed by atoms with Crippen LogP contribution >= 0.6 is 0 Å². The molecule has 4 heteroatoms. The summed E-state index contributed by atoms with van der Waals surface area (Å²) in [4.78, 5) is 11.2. The topological polar surface area (TPSA) is 70.7 Å². The molecule has 0 amide bonds. The van der Waals surface area contributed by atoms with Gasteiger partial charge in [0, 0.05) is 5.56 Å². The van der Waals surface area contributed by atoms with E-state index in [9.17, 15) is 9.90 Å². The summed E-state index contributed by atoms with van der Waals surface area (Å²) in [5.74, 6) is -1.38. The molecule has 2 rings (SSSR count). The normalized spacial score (nSPS) is 14.3. The van der Waals surface area contributed by atoms with Crippen LogP contribution in [0.25, 0.3) is 0 Å². The molecule has 1 heterocycles. The van der Waals surface area contributed by atoms with Crippen LogP contribution in [0.3, 0.4) is 0 Å². The highest BCUT2D eigenvalue weighted by Gasteiger charge is 2.42. The van der Waals surface area contributed by atoms with Gasteiger partial charge in [-0.3, -0.25) is 0 Å². The van der Waals surface area contributed by atoms with E-state index in [4.69, 9.17) is 9.52 Å². The third-order valence-electron chi connectivity index (χ3n) is 2.38. The van der Waals surface area contributed by atoms with Gasteiger partial charge in [0.05, 0.1) is 6.26 Å². The molecule has 0 bridgehead atoms. The Morgan fingerprint density at radius 3 is 2.31 bits per heavy atom. The van der Waals surface area contributed by atoms with Crippen molar-refractivity contribution in [2.24, 2.45) is 0 Å². The zero-order valence-corrected chi connectivity index (χ0v) is 8.33. The van der Waals surface area contributed by atoms with Gasteiger partial charge in [-0.25, -0.2) is 4.79 Å². The molecule has 2 N–H and O–H groups in total. The Kier molecular flexibility index (Phi) is 2.50. The number of carboxylic acid groups (broad SMARTS) is 1. The minimum absolute atomic E-state index is 0.00815. The Balaban J connectivity index is 2.58. The van der Waals surface area contributed by atoms with Crippen molar-refractivity contribution in [2.75, 3.05) is 0 Å². The van der Waals surface area contributed by atoms with Crippen LogP contribution in [0.2, 0.25) is 0 Å². The molecule has 1 unspecified atom stereocenters. The first-order valence-electron chi connectivity index (χ1n) is 4.71. The molecule has 0 spiro atoms. The van der Waals surface area contributed by atoms with Gasteiger partial charge < -0.3 is 14.6 Å². The molecule has 0 aliphatic carbocycles. The van der Waals surface area contributed by atoms with Crippen molar-refractivity contribution < 1.29 is 19.4 Å². The minimum Gasteiger partial charge on any atom is -0.478 e. The third kappa shape index (κ3) is 1.49. The number of furan rings is 1. The zero-order chi connectivity index (χ0) is 11.6. The third-order valence-corrected chi connectivity index (χ3v) is 2.38. The Bertz CT molecular complexity index is 475. The molecule has 0 saturated heterocycles. The summed E-state index contributed by atoms with van der Waals surface area (Å²) in [6.45, 7) is 0. The second kappa shape index (κ2) is 3.83. The van der Waals surface area contributed by atoms with Gasteiger partial charge in [0.2, 0.25) is 5.60 Å². The number of benzene rings is 1. The van der Waals surface area contributed by atoms with Crippen LogP contribution in [-0.4, -0.2) is 16.2 Å². The summed E-state index contributed by atoms with van der Waals surface area (Å²) in [6, 6.07) is 11.1. The smallest absolute Gasteiger partial charge is 0.348 e. The van der Waals surface area contributed by atoms with Crippen molar-refractivity contribution in [3.8, 4) is 0 Å². The summed E-state index contributed by atoms with van der Waals surface area (Å²) in [6.07, 6.45) is 1.33. The fraction of sp³-hybridized carbons (Fsp3) is 0.0833. The maximum absolute atomic E-state index is 11.2. The van der Waals surface area contributed by atoms with Crippen molar-refractivity contribution >= 4 is 5.97 Å². The van der Waals surface area contributed by atoms with Gasteiger partial charge in [0.1, 0.15) is 0 Å². The van der Waals surface area contributed by atoms with E-state index >= 15 is 0 Å². The molecule has 0 aliphatic heterocycles. The lowest BCUT2D eigenvalue weighted by Crippen LogP contribution is -2.36. The number of carboxylic acids is 1. The summed E-state index contributed by atoms with van der Waals surface area (Å²) in [5.41, 5.74) is -1.87. The summed E-state index contributed by atoms with van der Waals surface area (Å²) < 4.78 is 4.98. The number of hydrogen-bond donors (Lipinski definition) is 2. The predicted molar refractivity (Wildman–Crippen MR) is 55.8 cm³/mol. The van der Waals surface area contributed by atoms with Crippen molar-refractivity contribution in [1.29, 1.82) is 0 Å². The second-order valence-electron chi connectivity index (χ2n) is 3.36. The monoisotopic (exact) mass is 218 g/mol. The van der Waals surface area contributed by atoms with Crippen LogP contribution in [0.15, 0.2) is 53.1 Å². The molecule has 1 aromatic heterocycles. The van der Waals surface area contributed by atoms with Gasteiger partial charge in [-0.2, -0.15) is 0 Å². The van der Waals surface area contributed by atoms with Gasteiger partial charge >= 0.3 is 5.97 Å². The maximum atomic E-state index is 11.2. The Morgan fingerprint density at radius 1 is 1.12 bits per heavy atom. The van der Waals surface area contributed by atoms with E-state index in [0.717, 1.165) is 0 Å². The SMILES string of the molecule is O=C(O)C(O)(c1ccccc1)c1ccco1. The van der Waals surface area contributed by atoms with E-state index in [0.29, 0.717) is 0 Å². The number of carbonyl (C=O) groups is 1. The van der Waals surface area contributed by atoms with E-state index in [1.54, 1.807) is 18.2 Å². The molecule has 82 valence electrons. The number of aliphatic hydroxyl groups is 1. The number of aliphatic carboxylic acids is 1. The largest absolute Gasteiger partial charge is 0.478 e. The standard InChI is InChI=1S/C12H10O4/c13-11(14)12(15,10-7-4-8-16-10)9-5-2-1-3-6-9/h1-8,15H,(H,13,14). The molecular formula is C12H10O4. The van der Waals surface area contributed by atoms with Crippen LogP contribution in [0.1, 0.15) is 11.3 Å². The first-order chi connectivity index (χ1) is 7.65.